The summed E-state index contributed by atoms with van der Waals surface area (Å²) in [5, 5.41) is 19.9. The molecule has 116 valence electrons. The molecule has 0 heterocycles. The number of hydrogen-bond donors (Lipinski definition) is 0. The third kappa shape index (κ3) is 1.03. The molecule has 0 saturated carbocycles. The zero-order chi connectivity index (χ0) is 16.6. The monoisotopic (exact) mass is 324 g/mol. The summed E-state index contributed by atoms with van der Waals surface area (Å²) in [6.45, 7) is 0. The second-order valence-corrected chi connectivity index (χ2v) is 7.69. The molecule has 0 aliphatic carbocycles. The molecule has 8 aromatic rings. The van der Waals surface area contributed by atoms with E-state index in [4.69, 9.17) is 0 Å². The van der Waals surface area contributed by atoms with E-state index < -0.39 is 0 Å². The van der Waals surface area contributed by atoms with Crippen LogP contribution in [0.5, 0.6) is 0 Å². The van der Waals surface area contributed by atoms with Crippen LogP contribution in [0.3, 0.4) is 0 Å². The molecule has 0 fully saturated rings. The highest BCUT2D eigenvalue weighted by Gasteiger charge is 2.24. The van der Waals surface area contributed by atoms with Crippen LogP contribution in [0.25, 0.3) is 75.4 Å². The van der Waals surface area contributed by atoms with Gasteiger partial charge in [0.05, 0.1) is 0 Å². The minimum Gasteiger partial charge on any atom is -0.0610 e. The molecule has 0 saturated heterocycles. The first-order valence-corrected chi connectivity index (χ1v) is 9.22. The van der Waals surface area contributed by atoms with E-state index in [0.717, 1.165) is 0 Å². The van der Waals surface area contributed by atoms with E-state index in [1.807, 2.05) is 0 Å². The molecule has 26 heavy (non-hydrogen) atoms. The Bertz CT molecular complexity index is 1630. The van der Waals surface area contributed by atoms with Gasteiger partial charge in [-0.05, 0) is 75.4 Å². The standard InChI is InChI=1S/C26H12/c1-3-13-7-9-17-18-10-8-14-4-2-6-16-20-12-11-19-15(5-1)21(13)23(17)25(19)26(20)24(18)22(14)16/h1-12H. The second kappa shape index (κ2) is 3.59. The molecular weight excluding hydrogens is 312 g/mol. The average molecular weight is 324 g/mol. The second-order valence-electron chi connectivity index (χ2n) is 7.69. The maximum Gasteiger partial charge on any atom is -0.000718 e. The summed E-state index contributed by atoms with van der Waals surface area (Å²) in [5.41, 5.74) is 0. The summed E-state index contributed by atoms with van der Waals surface area (Å²) in [6.07, 6.45) is 0. The molecule has 0 aliphatic heterocycles. The molecule has 0 aromatic heterocycles. The number of fused-ring (bicyclic) bond motifs is 3. The fourth-order valence-electron chi connectivity index (χ4n) is 5.75. The van der Waals surface area contributed by atoms with Crippen molar-refractivity contribution >= 4 is 75.4 Å². The zero-order valence-corrected chi connectivity index (χ0v) is 13.9. The lowest BCUT2D eigenvalue weighted by Gasteiger charge is -2.10. The van der Waals surface area contributed by atoms with E-state index in [-0.39, 0.29) is 0 Å². The normalized spacial score (nSPS) is 13.4. The Balaban J connectivity index is 1.97. The van der Waals surface area contributed by atoms with Gasteiger partial charge in [0.2, 0.25) is 0 Å². The van der Waals surface area contributed by atoms with Gasteiger partial charge < -0.3 is 0 Å². The molecule has 0 unspecified atom stereocenters. The molecule has 0 aliphatic rings. The van der Waals surface area contributed by atoms with Crippen LogP contribution in [-0.2, 0) is 0 Å². The Labute approximate surface area is 148 Å². The average Bonchev–Trinajstić information content (AvgIpc) is 3.21. The zero-order valence-electron chi connectivity index (χ0n) is 13.9. The SMILES string of the molecule is c1cc2ccc3c4ccc5cccc6c7ccc8c(c1)c2c3c8c7c4c56. The lowest BCUT2D eigenvalue weighted by molar-refractivity contribution is 1.86. The first kappa shape index (κ1) is 12.1. The van der Waals surface area contributed by atoms with Gasteiger partial charge in [0, 0.05) is 0 Å². The van der Waals surface area contributed by atoms with Crippen LogP contribution in [0, 0.1) is 0 Å². The van der Waals surface area contributed by atoms with Gasteiger partial charge in [0.15, 0.2) is 0 Å². The van der Waals surface area contributed by atoms with Crippen molar-refractivity contribution in [1.82, 2.24) is 0 Å². The van der Waals surface area contributed by atoms with E-state index >= 15 is 0 Å². The lowest BCUT2D eigenvalue weighted by atomic mass is 9.93. The Morgan fingerprint density at radius 2 is 0.615 bits per heavy atom. The topological polar surface area (TPSA) is 0 Å². The Kier molecular flexibility index (Phi) is 1.66. The van der Waals surface area contributed by atoms with E-state index in [2.05, 4.69) is 72.8 Å². The van der Waals surface area contributed by atoms with Crippen molar-refractivity contribution in [1.29, 1.82) is 0 Å². The molecule has 0 amide bonds. The van der Waals surface area contributed by atoms with Crippen LogP contribution in [0.15, 0.2) is 72.8 Å². The van der Waals surface area contributed by atoms with Crippen LogP contribution in [0.4, 0.5) is 0 Å². The van der Waals surface area contributed by atoms with Crippen molar-refractivity contribution in [3.8, 4) is 0 Å². The van der Waals surface area contributed by atoms with Crippen molar-refractivity contribution in [2.24, 2.45) is 0 Å². The molecule has 0 spiro atoms. The van der Waals surface area contributed by atoms with Crippen LogP contribution in [0.1, 0.15) is 0 Å². The van der Waals surface area contributed by atoms with Gasteiger partial charge in [0.1, 0.15) is 0 Å². The maximum absolute atomic E-state index is 2.35. The fraction of sp³-hybridized carbons (Fsp3) is 0. The first-order valence-electron chi connectivity index (χ1n) is 9.22. The molecule has 0 bridgehead atoms. The van der Waals surface area contributed by atoms with Gasteiger partial charge in [-0.1, -0.05) is 72.8 Å². The molecule has 0 nitrogen and oxygen atoms in total. The molecule has 0 atom stereocenters. The Morgan fingerprint density at radius 3 is 1.08 bits per heavy atom. The van der Waals surface area contributed by atoms with E-state index in [0.29, 0.717) is 0 Å². The highest BCUT2D eigenvalue weighted by atomic mass is 14.3. The van der Waals surface area contributed by atoms with Gasteiger partial charge >= 0.3 is 0 Å². The summed E-state index contributed by atoms with van der Waals surface area (Å²) in [7, 11) is 0. The minimum absolute atomic E-state index is 1.35. The molecule has 0 radical (unpaired) electrons. The molecule has 8 rings (SSSR count). The largest absolute Gasteiger partial charge is 0.0610 e. The summed E-state index contributed by atoms with van der Waals surface area (Å²) < 4.78 is 0. The van der Waals surface area contributed by atoms with Gasteiger partial charge in [-0.3, -0.25) is 0 Å². The van der Waals surface area contributed by atoms with Crippen molar-refractivity contribution in [3.63, 3.8) is 0 Å². The van der Waals surface area contributed by atoms with E-state index in [9.17, 15) is 0 Å². The number of rotatable bonds is 0. The third-order valence-corrected chi connectivity index (χ3v) is 6.67. The Morgan fingerprint density at radius 1 is 0.269 bits per heavy atom. The van der Waals surface area contributed by atoms with Crippen molar-refractivity contribution in [3.05, 3.63) is 72.8 Å². The minimum atomic E-state index is 1.35. The van der Waals surface area contributed by atoms with Crippen molar-refractivity contribution in [2.45, 2.75) is 0 Å². The predicted molar refractivity (Wildman–Crippen MR) is 114 cm³/mol. The van der Waals surface area contributed by atoms with Crippen LogP contribution >= 0.6 is 0 Å². The van der Waals surface area contributed by atoms with Gasteiger partial charge in [-0.25, -0.2) is 0 Å². The maximum atomic E-state index is 2.35. The van der Waals surface area contributed by atoms with Crippen LogP contribution < -0.4 is 0 Å². The lowest BCUT2D eigenvalue weighted by Crippen LogP contribution is -1.81. The fourth-order valence-corrected chi connectivity index (χ4v) is 5.75. The Hall–Kier alpha value is -3.38. The van der Waals surface area contributed by atoms with Crippen LogP contribution in [0.2, 0.25) is 0 Å². The molecule has 8 aromatic carbocycles. The summed E-state index contributed by atoms with van der Waals surface area (Å²) in [6, 6.07) is 27.4. The highest BCUT2D eigenvalue weighted by Crippen LogP contribution is 2.53. The van der Waals surface area contributed by atoms with Gasteiger partial charge in [-0.2, -0.15) is 0 Å². The molecule has 0 heteroatoms. The smallest absolute Gasteiger partial charge is 0.000718 e. The first-order chi connectivity index (χ1) is 12.9. The molecule has 0 N–H and O–H groups in total. The summed E-state index contributed by atoms with van der Waals surface area (Å²) >= 11 is 0. The quantitative estimate of drug-likeness (QED) is 0.253. The predicted octanol–water partition coefficient (Wildman–Crippen LogP) is 7.51. The van der Waals surface area contributed by atoms with Gasteiger partial charge in [0.25, 0.3) is 0 Å². The number of benzene rings is 6. The summed E-state index contributed by atoms with van der Waals surface area (Å²) in [5.74, 6) is 0. The van der Waals surface area contributed by atoms with Gasteiger partial charge in [-0.15, -0.1) is 0 Å². The third-order valence-electron chi connectivity index (χ3n) is 6.67. The molecular formula is C26H12. The summed E-state index contributed by atoms with van der Waals surface area (Å²) in [4.78, 5) is 0. The van der Waals surface area contributed by atoms with E-state index in [1.165, 1.54) is 75.4 Å². The van der Waals surface area contributed by atoms with Crippen molar-refractivity contribution < 1.29 is 0 Å². The number of hydrogen-bond acceptors (Lipinski definition) is 0. The van der Waals surface area contributed by atoms with Crippen molar-refractivity contribution in [2.75, 3.05) is 0 Å². The van der Waals surface area contributed by atoms with Crippen LogP contribution in [-0.4, -0.2) is 0 Å². The van der Waals surface area contributed by atoms with E-state index in [1.54, 1.807) is 0 Å². The highest BCUT2D eigenvalue weighted by molar-refractivity contribution is 6.51.